The number of halogens is 1. The molecule has 66 heavy (non-hydrogen) atoms. The first-order valence-corrected chi connectivity index (χ1v) is 21.2. The van der Waals surface area contributed by atoms with Crippen LogP contribution in [0.3, 0.4) is 0 Å². The van der Waals surface area contributed by atoms with E-state index in [0.29, 0.717) is 5.56 Å². The third-order valence-corrected chi connectivity index (χ3v) is 10.6. The largest absolute Gasteiger partial charge is 0.465 e. The van der Waals surface area contributed by atoms with Gasteiger partial charge in [0.1, 0.15) is 24.4 Å². The number of hydrogen-bond acceptors (Lipinski definition) is 17. The van der Waals surface area contributed by atoms with Gasteiger partial charge in [-0.3, -0.25) is 19.2 Å². The minimum absolute atomic E-state index is 0.0408. The number of alkyl halides is 1. The van der Waals surface area contributed by atoms with Crippen molar-refractivity contribution in [2.24, 2.45) is 0 Å². The highest BCUT2D eigenvalue weighted by molar-refractivity contribution is 5.90. The van der Waals surface area contributed by atoms with Gasteiger partial charge in [-0.2, -0.15) is 0 Å². The zero-order chi connectivity index (χ0) is 48.1. The summed E-state index contributed by atoms with van der Waals surface area (Å²) in [4.78, 5) is 91.9. The van der Waals surface area contributed by atoms with Crippen molar-refractivity contribution in [3.63, 3.8) is 0 Å². The number of esters is 6. The molecule has 1 amide bonds. The molecule has 2 aliphatic rings. The smallest absolute Gasteiger partial charge is 0.370 e. The summed E-state index contributed by atoms with van der Waals surface area (Å²) >= 11 is 0. The van der Waals surface area contributed by atoms with Crippen LogP contribution in [0.5, 0.6) is 0 Å². The van der Waals surface area contributed by atoms with Crippen LogP contribution in [-0.2, 0) is 77.9 Å². The highest BCUT2D eigenvalue weighted by atomic mass is 19.1. The summed E-state index contributed by atoms with van der Waals surface area (Å²) in [7, 11) is 0.895. The van der Waals surface area contributed by atoms with Crippen molar-refractivity contribution in [2.75, 3.05) is 13.7 Å². The van der Waals surface area contributed by atoms with E-state index in [0.717, 1.165) is 34.8 Å². The van der Waals surface area contributed by atoms with Gasteiger partial charge in [0.2, 0.25) is 12.1 Å². The molecule has 2 fully saturated rings. The van der Waals surface area contributed by atoms with Gasteiger partial charge in [0.05, 0.1) is 43.6 Å². The molecule has 12 atom stereocenters. The Hall–Kier alpha value is -6.28. The van der Waals surface area contributed by atoms with E-state index in [2.05, 4.69) is 5.32 Å². The summed E-state index contributed by atoms with van der Waals surface area (Å²) in [5.41, 5.74) is 0.963. The summed E-state index contributed by atoms with van der Waals surface area (Å²) < 4.78 is 76.6. The van der Waals surface area contributed by atoms with E-state index in [1.54, 1.807) is 73.7 Å². The van der Waals surface area contributed by atoms with Crippen LogP contribution in [0.2, 0.25) is 0 Å². The van der Waals surface area contributed by atoms with Gasteiger partial charge in [0, 0.05) is 27.7 Å². The Morgan fingerprint density at radius 1 is 0.712 bits per heavy atom. The third-order valence-electron chi connectivity index (χ3n) is 10.6. The quantitative estimate of drug-likeness (QED) is 0.140. The molecule has 2 aliphatic heterocycles. The maximum absolute atomic E-state index is 17.6. The minimum atomic E-state index is -3.23. The lowest BCUT2D eigenvalue weighted by Gasteiger charge is -2.50. The number of ether oxygens (including phenoxy) is 10. The van der Waals surface area contributed by atoms with Gasteiger partial charge in [-0.05, 0) is 43.2 Å². The Bertz CT molecular complexity index is 2130. The van der Waals surface area contributed by atoms with E-state index in [9.17, 15) is 33.6 Å². The van der Waals surface area contributed by atoms with Gasteiger partial charge < -0.3 is 52.7 Å². The maximum atomic E-state index is 17.6. The number of amides is 1. The minimum Gasteiger partial charge on any atom is -0.465 e. The molecule has 0 aliphatic carbocycles. The molecule has 0 spiro atoms. The van der Waals surface area contributed by atoms with Gasteiger partial charge in [-0.15, -0.1) is 0 Å². The van der Waals surface area contributed by atoms with E-state index >= 15 is 4.39 Å². The first-order valence-electron chi connectivity index (χ1n) is 21.2. The number of hydrogen-bond donors (Lipinski definition) is 1. The fourth-order valence-electron chi connectivity index (χ4n) is 7.77. The molecule has 2 heterocycles. The predicted molar refractivity (Wildman–Crippen MR) is 226 cm³/mol. The van der Waals surface area contributed by atoms with Crippen molar-refractivity contribution >= 4 is 41.7 Å². The average molecular weight is 924 g/mol. The number of carbonyl (C=O) groups is 7. The zero-order valence-corrected chi connectivity index (χ0v) is 37.5. The Kier molecular flexibility index (Phi) is 17.9. The van der Waals surface area contributed by atoms with E-state index in [-0.39, 0.29) is 24.2 Å². The highest BCUT2D eigenvalue weighted by Gasteiger charge is 2.66. The van der Waals surface area contributed by atoms with Crippen LogP contribution in [0.25, 0.3) is 0 Å². The molecule has 356 valence electrons. The summed E-state index contributed by atoms with van der Waals surface area (Å²) in [6, 6.07) is 23.1. The Balaban J connectivity index is 1.63. The van der Waals surface area contributed by atoms with Crippen molar-refractivity contribution in [2.45, 2.75) is 128 Å². The van der Waals surface area contributed by atoms with Gasteiger partial charge in [0.25, 0.3) is 0 Å². The van der Waals surface area contributed by atoms with Crippen molar-refractivity contribution in [1.29, 1.82) is 0 Å². The monoisotopic (exact) mass is 923 g/mol. The van der Waals surface area contributed by atoms with E-state index in [1.165, 1.54) is 31.2 Å². The van der Waals surface area contributed by atoms with Crippen LogP contribution in [0.1, 0.15) is 74.2 Å². The molecule has 18 nitrogen and oxygen atoms in total. The first-order chi connectivity index (χ1) is 31.5. The van der Waals surface area contributed by atoms with Crippen LogP contribution in [0, 0.1) is 0 Å². The fraction of sp³-hybridized carbons (Fsp3) is 0.468. The number of rotatable bonds is 18. The molecule has 0 saturated carbocycles. The van der Waals surface area contributed by atoms with Gasteiger partial charge in [-0.25, -0.2) is 18.8 Å². The first kappa shape index (κ1) is 50.7. The van der Waals surface area contributed by atoms with Crippen LogP contribution in [-0.4, -0.2) is 128 Å². The van der Waals surface area contributed by atoms with E-state index in [4.69, 9.17) is 47.4 Å². The lowest BCUT2D eigenvalue weighted by Crippen LogP contribution is -2.74. The number of nitrogens with one attached hydrogen (secondary N) is 1. The van der Waals surface area contributed by atoms with Crippen LogP contribution < -0.4 is 5.32 Å². The second kappa shape index (κ2) is 23.3. The summed E-state index contributed by atoms with van der Waals surface area (Å²) in [5, 5.41) is 2.46. The fourth-order valence-corrected chi connectivity index (χ4v) is 7.77. The maximum Gasteiger partial charge on any atom is 0.370 e. The second-order valence-corrected chi connectivity index (χ2v) is 15.5. The molecular weight excluding hydrogens is 870 g/mol. The van der Waals surface area contributed by atoms with E-state index in [1.807, 2.05) is 0 Å². The zero-order valence-electron chi connectivity index (χ0n) is 37.5. The summed E-state index contributed by atoms with van der Waals surface area (Å²) in [6.45, 7) is 6.22. The van der Waals surface area contributed by atoms with Crippen molar-refractivity contribution in [1.82, 2.24) is 5.32 Å². The van der Waals surface area contributed by atoms with Crippen LogP contribution >= 0.6 is 0 Å². The lowest BCUT2D eigenvalue weighted by molar-refractivity contribution is -0.347. The van der Waals surface area contributed by atoms with Crippen molar-refractivity contribution in [3.05, 3.63) is 108 Å². The van der Waals surface area contributed by atoms with E-state index < -0.39 is 121 Å². The summed E-state index contributed by atoms with van der Waals surface area (Å²) in [5.74, 6) is -9.97. The van der Waals surface area contributed by atoms with Crippen LogP contribution in [0.4, 0.5) is 4.39 Å². The molecular formula is C47H54FNO17. The summed E-state index contributed by atoms with van der Waals surface area (Å²) in [6.07, 6.45) is -16.7. The Morgan fingerprint density at radius 2 is 1.26 bits per heavy atom. The normalized spacial score (nSPS) is 26.9. The Labute approximate surface area is 380 Å². The molecule has 0 aromatic heterocycles. The number of methoxy groups -OCH3 is 1. The molecule has 1 N–H and O–H groups in total. The van der Waals surface area contributed by atoms with Crippen molar-refractivity contribution < 1.29 is 85.3 Å². The molecule has 3 aromatic rings. The van der Waals surface area contributed by atoms with Crippen LogP contribution in [0.15, 0.2) is 91.0 Å². The molecule has 3 aromatic carbocycles. The standard InChI is InChI=1S/C47H54FNO17/c1-8-34(61-28(4)51)39(62-29(5)52)40-36(49-27(3)50)41(63-30(6)53)43(48)47(66-40,46(56)57-7)59-25-35-38(58-24-31-18-12-9-13-19-31)42(65-45(55)33-22-16-11-17-23-33)37(26(2)60-35)64-44(54)32-20-14-10-15-21-32/h9-23,26,34-43H,8,24-25H2,1-7H3,(H,49,50)/t26-,34+,35?,36-,37?,38-,39+,40?,41-,42+,43?,47+/m0/s1. The molecule has 0 bridgehead atoms. The number of benzene rings is 3. The number of carbonyl (C=O) groups excluding carboxylic acids is 7. The topological polar surface area (TPSA) is 224 Å². The van der Waals surface area contributed by atoms with Crippen molar-refractivity contribution in [3.8, 4) is 0 Å². The van der Waals surface area contributed by atoms with Gasteiger partial charge >= 0.3 is 41.6 Å². The molecule has 2 saturated heterocycles. The lowest BCUT2D eigenvalue weighted by atomic mass is 9.86. The SMILES string of the molecule is CC[C@@H](OC(C)=O)[C@@H](OC(C)=O)C1O[C@@](OCC2O[C@@H](C)C(OC(=O)c3ccccc3)[C@@H](OC(=O)c3ccccc3)[C@H]2OCc2ccccc2)(C(=O)OC)C(F)[C@@H](OC(C)=O)[C@H]1NC(C)=O. The predicted octanol–water partition coefficient (Wildman–Crippen LogP) is 4.14. The average Bonchev–Trinajstić information content (AvgIpc) is 3.29. The molecule has 0 radical (unpaired) electrons. The highest BCUT2D eigenvalue weighted by Crippen LogP contribution is 2.40. The van der Waals surface area contributed by atoms with Gasteiger partial charge in [-0.1, -0.05) is 73.7 Å². The third kappa shape index (κ3) is 12.5. The molecule has 4 unspecified atom stereocenters. The molecule has 5 rings (SSSR count). The second-order valence-electron chi connectivity index (χ2n) is 15.5. The Morgan fingerprint density at radius 3 is 1.76 bits per heavy atom. The molecule has 19 heteroatoms. The van der Waals surface area contributed by atoms with Gasteiger partial charge in [0.15, 0.2) is 24.4 Å².